The first kappa shape index (κ1) is 15.9. The molecule has 4 N–H and O–H groups in total. The van der Waals surface area contributed by atoms with Gasteiger partial charge in [-0.1, -0.05) is 6.92 Å². The molecule has 6 nitrogen and oxygen atoms in total. The summed E-state index contributed by atoms with van der Waals surface area (Å²) in [4.78, 5) is 22.3. The molecule has 0 radical (unpaired) electrons. The van der Waals surface area contributed by atoms with Crippen molar-refractivity contribution in [2.24, 2.45) is 0 Å². The van der Waals surface area contributed by atoms with Gasteiger partial charge in [0.05, 0.1) is 5.56 Å². The van der Waals surface area contributed by atoms with Gasteiger partial charge < -0.3 is 21.1 Å². The first-order valence-electron chi connectivity index (χ1n) is 6.33. The monoisotopic (exact) mass is 283 g/mol. The lowest BCUT2D eigenvalue weighted by molar-refractivity contribution is 0.0692. The van der Waals surface area contributed by atoms with E-state index in [1.54, 1.807) is 0 Å². The smallest absolute Gasteiger partial charge is 0.338 e. The Morgan fingerprint density at radius 2 is 2.05 bits per heavy atom. The predicted octanol–water partition coefficient (Wildman–Crippen LogP) is 1.64. The molecule has 2 amide bonds. The highest BCUT2D eigenvalue weighted by atomic mass is 19.1. The molecule has 110 valence electrons. The summed E-state index contributed by atoms with van der Waals surface area (Å²) in [7, 11) is 0. The van der Waals surface area contributed by atoms with E-state index < -0.39 is 23.4 Å². The van der Waals surface area contributed by atoms with E-state index >= 15 is 0 Å². The van der Waals surface area contributed by atoms with Crippen molar-refractivity contribution in [2.75, 3.05) is 25.0 Å². The fraction of sp³-hybridized carbons (Fsp3) is 0.385. The van der Waals surface area contributed by atoms with E-state index in [0.29, 0.717) is 6.54 Å². The van der Waals surface area contributed by atoms with Gasteiger partial charge in [-0.3, -0.25) is 0 Å². The summed E-state index contributed by atoms with van der Waals surface area (Å²) in [6.45, 7) is 4.16. The molecule has 0 unspecified atom stereocenters. The van der Waals surface area contributed by atoms with Crippen LogP contribution in [0.15, 0.2) is 18.2 Å². The maximum atomic E-state index is 13.2. The molecule has 0 fully saturated rings. The minimum absolute atomic E-state index is 0.230. The number of benzene rings is 1. The first-order chi connectivity index (χ1) is 9.54. The van der Waals surface area contributed by atoms with Gasteiger partial charge in [0.2, 0.25) is 0 Å². The zero-order valence-corrected chi connectivity index (χ0v) is 11.2. The number of carbonyl (C=O) groups excluding carboxylic acids is 1. The number of rotatable bonds is 7. The number of aromatic carboxylic acids is 1. The second-order valence-corrected chi connectivity index (χ2v) is 4.09. The number of halogens is 1. The molecule has 1 aromatic carbocycles. The lowest BCUT2D eigenvalue weighted by Gasteiger charge is -2.08. The number of anilines is 1. The molecular formula is C13H18FN3O3. The van der Waals surface area contributed by atoms with Gasteiger partial charge >= 0.3 is 12.0 Å². The van der Waals surface area contributed by atoms with Crippen LogP contribution in [0.2, 0.25) is 0 Å². The van der Waals surface area contributed by atoms with Crippen molar-refractivity contribution < 1.29 is 19.1 Å². The minimum atomic E-state index is -1.38. The largest absolute Gasteiger partial charge is 0.478 e. The molecule has 20 heavy (non-hydrogen) atoms. The fourth-order valence-electron chi connectivity index (χ4n) is 1.53. The number of urea groups is 1. The van der Waals surface area contributed by atoms with E-state index in [2.05, 4.69) is 16.0 Å². The molecule has 1 aromatic rings. The number of carbonyl (C=O) groups is 2. The predicted molar refractivity (Wildman–Crippen MR) is 73.5 cm³/mol. The van der Waals surface area contributed by atoms with E-state index in [4.69, 9.17) is 5.11 Å². The number of hydrogen-bond acceptors (Lipinski definition) is 3. The van der Waals surface area contributed by atoms with E-state index in [1.807, 2.05) is 6.92 Å². The molecule has 0 heterocycles. The van der Waals surface area contributed by atoms with Gasteiger partial charge in [-0.2, -0.15) is 0 Å². The maximum absolute atomic E-state index is 13.2. The number of hydrogen-bond donors (Lipinski definition) is 4. The minimum Gasteiger partial charge on any atom is -0.478 e. The Kier molecular flexibility index (Phi) is 6.45. The third-order valence-electron chi connectivity index (χ3n) is 2.52. The van der Waals surface area contributed by atoms with Crippen molar-refractivity contribution in [3.63, 3.8) is 0 Å². The standard InChI is InChI=1S/C13H18FN3O3/c1-2-15-6-3-7-16-13(20)17-9-4-5-11(14)10(8-9)12(18)19/h4-5,8,15H,2-3,6-7H2,1H3,(H,18,19)(H2,16,17,20). The van der Waals surface area contributed by atoms with Crippen molar-refractivity contribution in [3.05, 3.63) is 29.6 Å². The van der Waals surface area contributed by atoms with Gasteiger partial charge in [-0.15, -0.1) is 0 Å². The fourth-order valence-corrected chi connectivity index (χ4v) is 1.53. The van der Waals surface area contributed by atoms with Crippen LogP contribution in [-0.4, -0.2) is 36.7 Å². The van der Waals surface area contributed by atoms with E-state index in [-0.39, 0.29) is 5.69 Å². The van der Waals surface area contributed by atoms with Crippen molar-refractivity contribution >= 4 is 17.7 Å². The molecule has 0 atom stereocenters. The molecule has 0 saturated carbocycles. The van der Waals surface area contributed by atoms with Gasteiger partial charge in [0.15, 0.2) is 0 Å². The van der Waals surface area contributed by atoms with Crippen LogP contribution in [0.4, 0.5) is 14.9 Å². The molecule has 0 aromatic heterocycles. The highest BCUT2D eigenvalue weighted by molar-refractivity contribution is 5.93. The summed E-state index contributed by atoms with van der Waals surface area (Å²) in [5, 5.41) is 17.0. The summed E-state index contributed by atoms with van der Waals surface area (Å²) < 4.78 is 13.2. The zero-order valence-electron chi connectivity index (χ0n) is 11.2. The number of carboxylic acid groups (broad SMARTS) is 1. The zero-order chi connectivity index (χ0) is 15.0. The Balaban J connectivity index is 2.46. The van der Waals surface area contributed by atoms with Crippen LogP contribution in [0, 0.1) is 5.82 Å². The Bertz CT molecular complexity index is 480. The molecule has 0 aliphatic carbocycles. The molecule has 0 aliphatic heterocycles. The second-order valence-electron chi connectivity index (χ2n) is 4.09. The molecule has 0 aliphatic rings. The van der Waals surface area contributed by atoms with Gasteiger partial charge in [0.25, 0.3) is 0 Å². The third-order valence-corrected chi connectivity index (χ3v) is 2.52. The summed E-state index contributed by atoms with van der Waals surface area (Å²) in [5.74, 6) is -2.22. The first-order valence-corrected chi connectivity index (χ1v) is 6.33. The molecule has 0 saturated heterocycles. The SMILES string of the molecule is CCNCCCNC(=O)Nc1ccc(F)c(C(=O)O)c1. The summed E-state index contributed by atoms with van der Waals surface area (Å²) >= 11 is 0. The van der Waals surface area contributed by atoms with Gasteiger partial charge in [-0.05, 0) is 37.7 Å². The van der Waals surface area contributed by atoms with Crippen molar-refractivity contribution in [1.29, 1.82) is 0 Å². The summed E-state index contributed by atoms with van der Waals surface area (Å²) in [6, 6.07) is 2.93. The van der Waals surface area contributed by atoms with Gasteiger partial charge in [0, 0.05) is 12.2 Å². The normalized spacial score (nSPS) is 10.1. The Morgan fingerprint density at radius 3 is 2.70 bits per heavy atom. The highest BCUT2D eigenvalue weighted by Gasteiger charge is 2.11. The molecule has 7 heteroatoms. The number of carboxylic acids is 1. The quantitative estimate of drug-likeness (QED) is 0.573. The molecular weight excluding hydrogens is 265 g/mol. The van der Waals surface area contributed by atoms with Crippen LogP contribution in [0.25, 0.3) is 0 Å². The summed E-state index contributed by atoms with van der Waals surface area (Å²) in [6.07, 6.45) is 0.783. The third kappa shape index (κ3) is 5.23. The maximum Gasteiger partial charge on any atom is 0.338 e. The topological polar surface area (TPSA) is 90.5 Å². The van der Waals surface area contributed by atoms with Crippen molar-refractivity contribution in [3.8, 4) is 0 Å². The van der Waals surface area contributed by atoms with Gasteiger partial charge in [0.1, 0.15) is 5.82 Å². The Morgan fingerprint density at radius 1 is 1.30 bits per heavy atom. The van der Waals surface area contributed by atoms with Crippen LogP contribution in [-0.2, 0) is 0 Å². The van der Waals surface area contributed by atoms with Gasteiger partial charge in [-0.25, -0.2) is 14.0 Å². The second kappa shape index (κ2) is 8.11. The Hall–Kier alpha value is -2.15. The van der Waals surface area contributed by atoms with E-state index in [9.17, 15) is 14.0 Å². The number of amides is 2. The van der Waals surface area contributed by atoms with Crippen molar-refractivity contribution in [2.45, 2.75) is 13.3 Å². The average molecular weight is 283 g/mol. The highest BCUT2D eigenvalue weighted by Crippen LogP contribution is 2.14. The molecule has 0 spiro atoms. The van der Waals surface area contributed by atoms with Crippen LogP contribution in [0.5, 0.6) is 0 Å². The molecule has 0 bridgehead atoms. The summed E-state index contributed by atoms with van der Waals surface area (Å²) in [5.41, 5.74) is -0.247. The van der Waals surface area contributed by atoms with E-state index in [1.165, 1.54) is 6.07 Å². The molecule has 1 rings (SSSR count). The average Bonchev–Trinajstić information content (AvgIpc) is 2.40. The van der Waals surface area contributed by atoms with Crippen LogP contribution in [0.3, 0.4) is 0 Å². The Labute approximate surface area is 116 Å². The van der Waals surface area contributed by atoms with Crippen LogP contribution >= 0.6 is 0 Å². The lowest BCUT2D eigenvalue weighted by Crippen LogP contribution is -2.31. The van der Waals surface area contributed by atoms with E-state index in [0.717, 1.165) is 31.6 Å². The number of nitrogens with one attached hydrogen (secondary N) is 3. The van der Waals surface area contributed by atoms with Crippen LogP contribution < -0.4 is 16.0 Å². The lowest BCUT2D eigenvalue weighted by atomic mass is 10.2. The van der Waals surface area contributed by atoms with Crippen molar-refractivity contribution in [1.82, 2.24) is 10.6 Å². The van der Waals surface area contributed by atoms with Crippen LogP contribution in [0.1, 0.15) is 23.7 Å².